The third-order valence-electron chi connectivity index (χ3n) is 3.41. The molecule has 0 aliphatic carbocycles. The van der Waals surface area contributed by atoms with E-state index in [1.807, 2.05) is 0 Å². The van der Waals surface area contributed by atoms with Crippen molar-refractivity contribution in [3.8, 4) is 5.75 Å². The van der Waals surface area contributed by atoms with Crippen LogP contribution in [0.25, 0.3) is 0 Å². The van der Waals surface area contributed by atoms with Crippen molar-refractivity contribution < 1.29 is 22.7 Å². The van der Waals surface area contributed by atoms with Crippen molar-refractivity contribution in [2.24, 2.45) is 0 Å². The summed E-state index contributed by atoms with van der Waals surface area (Å²) in [6.07, 6.45) is -2.60. The quantitative estimate of drug-likeness (QED) is 0.796. The van der Waals surface area contributed by atoms with Crippen LogP contribution < -0.4 is 4.74 Å². The maximum atomic E-state index is 13.0. The molecular weight excluding hydrogens is 283 g/mol. The van der Waals surface area contributed by atoms with Crippen molar-refractivity contribution in [1.29, 1.82) is 0 Å². The number of hydrogen-bond donors (Lipinski definition) is 0. The number of rotatable bonds is 2. The zero-order valence-corrected chi connectivity index (χ0v) is 10.7. The topological polar surface area (TPSA) is 39.2 Å². The third-order valence-corrected chi connectivity index (χ3v) is 3.41. The number of Topliss-reactive ketones (excluding diaryl/α,β-unsaturated/α-hetero) is 1. The zero-order chi connectivity index (χ0) is 15.0. The van der Waals surface area contributed by atoms with Crippen LogP contribution in [-0.4, -0.2) is 17.4 Å². The number of nitrogens with zero attached hydrogens (tertiary/aromatic N) is 1. The minimum Gasteiger partial charge on any atom is -0.492 e. The lowest BCUT2D eigenvalue weighted by atomic mass is 9.91. The molecule has 0 fully saturated rings. The largest absolute Gasteiger partial charge is 0.492 e. The highest BCUT2D eigenvalue weighted by molar-refractivity contribution is 6.03. The van der Waals surface area contributed by atoms with Crippen molar-refractivity contribution in [2.75, 3.05) is 6.61 Å². The maximum absolute atomic E-state index is 13.0. The van der Waals surface area contributed by atoms with Gasteiger partial charge in [-0.1, -0.05) is 18.2 Å². The molecule has 1 aromatic heterocycles. The number of hydrogen-bond acceptors (Lipinski definition) is 3. The number of ether oxygens (including phenoxy) is 1. The molecular formula is C15H10F3NO2. The molecule has 21 heavy (non-hydrogen) atoms. The number of pyridine rings is 1. The van der Waals surface area contributed by atoms with Gasteiger partial charge < -0.3 is 4.74 Å². The second kappa shape index (κ2) is 4.87. The van der Waals surface area contributed by atoms with Crippen LogP contribution in [0.1, 0.15) is 27.4 Å². The number of ketones is 1. The van der Waals surface area contributed by atoms with Crippen molar-refractivity contribution in [3.63, 3.8) is 0 Å². The molecule has 1 aliphatic heterocycles. The van der Waals surface area contributed by atoms with Gasteiger partial charge in [0, 0.05) is 23.5 Å². The standard InChI is InChI=1S/C15H10F3NO2/c16-15(17,18)12-5-6-19-7-10(12)14(20)11-8-21-13-4-2-1-3-9(11)13/h1-7,11H,8H2. The fourth-order valence-corrected chi connectivity index (χ4v) is 2.41. The van der Waals surface area contributed by atoms with Gasteiger partial charge in [-0.15, -0.1) is 0 Å². The molecule has 0 amide bonds. The Kier molecular flexibility index (Phi) is 3.16. The Labute approximate surface area is 118 Å². The molecule has 0 saturated heterocycles. The molecule has 0 bridgehead atoms. The fraction of sp³-hybridized carbons (Fsp3) is 0.200. The van der Waals surface area contributed by atoms with Crippen LogP contribution in [0.4, 0.5) is 13.2 Å². The second-order valence-corrected chi connectivity index (χ2v) is 4.68. The van der Waals surface area contributed by atoms with Gasteiger partial charge in [-0.3, -0.25) is 9.78 Å². The summed E-state index contributed by atoms with van der Waals surface area (Å²) in [6, 6.07) is 7.67. The third kappa shape index (κ3) is 2.37. The Balaban J connectivity index is 2.02. The first-order valence-electron chi connectivity index (χ1n) is 6.25. The molecule has 1 aromatic carbocycles. The van der Waals surface area contributed by atoms with E-state index in [4.69, 9.17) is 4.74 Å². The highest BCUT2D eigenvalue weighted by Crippen LogP contribution is 2.38. The summed E-state index contributed by atoms with van der Waals surface area (Å²) in [5.74, 6) is -0.819. The van der Waals surface area contributed by atoms with Gasteiger partial charge >= 0.3 is 6.18 Å². The molecule has 3 nitrogen and oxygen atoms in total. The molecule has 0 radical (unpaired) electrons. The summed E-state index contributed by atoms with van der Waals surface area (Å²) in [5.41, 5.74) is -0.776. The van der Waals surface area contributed by atoms with E-state index in [1.165, 1.54) is 0 Å². The minimum absolute atomic E-state index is 0.0460. The van der Waals surface area contributed by atoms with E-state index in [9.17, 15) is 18.0 Å². The molecule has 1 aliphatic rings. The molecule has 2 heterocycles. The fourth-order valence-electron chi connectivity index (χ4n) is 2.41. The van der Waals surface area contributed by atoms with Gasteiger partial charge in [0.15, 0.2) is 5.78 Å². The monoisotopic (exact) mass is 293 g/mol. The summed E-state index contributed by atoms with van der Waals surface area (Å²) in [7, 11) is 0. The summed E-state index contributed by atoms with van der Waals surface area (Å²) in [4.78, 5) is 16.1. The Hall–Kier alpha value is -2.37. The van der Waals surface area contributed by atoms with Gasteiger partial charge in [-0.2, -0.15) is 13.2 Å². The predicted octanol–water partition coefficient (Wildman–Crippen LogP) is 3.46. The van der Waals surface area contributed by atoms with Crippen LogP contribution in [0.2, 0.25) is 0 Å². The maximum Gasteiger partial charge on any atom is 0.417 e. The number of para-hydroxylation sites is 1. The normalized spacial score (nSPS) is 17.2. The van der Waals surface area contributed by atoms with E-state index in [-0.39, 0.29) is 6.61 Å². The second-order valence-electron chi connectivity index (χ2n) is 4.68. The number of fused-ring (bicyclic) bond motifs is 1. The Morgan fingerprint density at radius 3 is 2.76 bits per heavy atom. The van der Waals surface area contributed by atoms with Gasteiger partial charge in [-0.25, -0.2) is 0 Å². The first kappa shape index (κ1) is 13.6. The van der Waals surface area contributed by atoms with Crippen LogP contribution in [0.5, 0.6) is 5.75 Å². The highest BCUT2D eigenvalue weighted by Gasteiger charge is 2.39. The number of carbonyl (C=O) groups excluding carboxylic acids is 1. The molecule has 0 spiro atoms. The molecule has 3 rings (SSSR count). The number of alkyl halides is 3. The zero-order valence-electron chi connectivity index (χ0n) is 10.7. The van der Waals surface area contributed by atoms with Crippen LogP contribution in [0.3, 0.4) is 0 Å². The van der Waals surface area contributed by atoms with Crippen LogP contribution in [0, 0.1) is 0 Å². The lowest BCUT2D eigenvalue weighted by Crippen LogP contribution is -2.19. The number of benzene rings is 1. The smallest absolute Gasteiger partial charge is 0.417 e. The summed E-state index contributed by atoms with van der Waals surface area (Å²) in [6.45, 7) is 0.0460. The van der Waals surface area contributed by atoms with Crippen molar-refractivity contribution in [2.45, 2.75) is 12.1 Å². The molecule has 1 atom stereocenters. The first-order chi connectivity index (χ1) is 9.98. The van der Waals surface area contributed by atoms with Crippen LogP contribution >= 0.6 is 0 Å². The van der Waals surface area contributed by atoms with Gasteiger partial charge in [0.05, 0.1) is 11.5 Å². The average Bonchev–Trinajstić information content (AvgIpc) is 2.89. The molecule has 6 heteroatoms. The summed E-state index contributed by atoms with van der Waals surface area (Å²) < 4.78 is 44.3. The molecule has 2 aromatic rings. The van der Waals surface area contributed by atoms with E-state index in [1.54, 1.807) is 24.3 Å². The van der Waals surface area contributed by atoms with Gasteiger partial charge in [0.2, 0.25) is 0 Å². The Morgan fingerprint density at radius 2 is 2.00 bits per heavy atom. The Morgan fingerprint density at radius 1 is 1.24 bits per heavy atom. The molecule has 1 unspecified atom stereocenters. The number of aromatic nitrogens is 1. The lowest BCUT2D eigenvalue weighted by Gasteiger charge is -2.14. The predicted molar refractivity (Wildman–Crippen MR) is 68.2 cm³/mol. The first-order valence-corrected chi connectivity index (χ1v) is 6.25. The molecule has 0 N–H and O–H groups in total. The van der Waals surface area contributed by atoms with Gasteiger partial charge in [-0.05, 0) is 12.1 Å². The highest BCUT2D eigenvalue weighted by atomic mass is 19.4. The SMILES string of the molecule is O=C(c1cnccc1C(F)(F)F)C1COc2ccccc21. The van der Waals surface area contributed by atoms with Crippen molar-refractivity contribution in [3.05, 3.63) is 59.4 Å². The van der Waals surface area contributed by atoms with Crippen LogP contribution in [-0.2, 0) is 6.18 Å². The molecule has 0 saturated carbocycles. The van der Waals surface area contributed by atoms with E-state index < -0.39 is 29.0 Å². The van der Waals surface area contributed by atoms with Crippen molar-refractivity contribution in [1.82, 2.24) is 4.98 Å². The van der Waals surface area contributed by atoms with E-state index >= 15 is 0 Å². The van der Waals surface area contributed by atoms with Crippen molar-refractivity contribution >= 4 is 5.78 Å². The van der Waals surface area contributed by atoms with E-state index in [0.29, 0.717) is 11.3 Å². The minimum atomic E-state index is -4.59. The lowest BCUT2D eigenvalue weighted by molar-refractivity contribution is -0.138. The average molecular weight is 293 g/mol. The summed E-state index contributed by atoms with van der Waals surface area (Å²) in [5, 5.41) is 0. The molecule has 108 valence electrons. The Bertz CT molecular complexity index is 697. The summed E-state index contributed by atoms with van der Waals surface area (Å²) >= 11 is 0. The van der Waals surface area contributed by atoms with E-state index in [0.717, 1.165) is 18.5 Å². The van der Waals surface area contributed by atoms with Crippen LogP contribution in [0.15, 0.2) is 42.7 Å². The number of halogens is 3. The van der Waals surface area contributed by atoms with Gasteiger partial charge in [0.1, 0.15) is 12.4 Å². The number of carbonyl (C=O) groups is 1. The van der Waals surface area contributed by atoms with Gasteiger partial charge in [0.25, 0.3) is 0 Å². The van der Waals surface area contributed by atoms with E-state index in [2.05, 4.69) is 4.98 Å².